The van der Waals surface area contributed by atoms with E-state index in [1.165, 1.54) is 16.0 Å². The molecule has 2 amide bonds. The molecule has 1 atom stereocenters. The van der Waals surface area contributed by atoms with Crippen molar-refractivity contribution in [2.75, 3.05) is 13.7 Å². The molecular weight excluding hydrogens is 402 g/mol. The van der Waals surface area contributed by atoms with E-state index < -0.39 is 0 Å². The molecule has 0 N–H and O–H groups in total. The second-order valence-corrected chi connectivity index (χ2v) is 8.24. The van der Waals surface area contributed by atoms with Gasteiger partial charge in [0.25, 0.3) is 11.8 Å². The van der Waals surface area contributed by atoms with E-state index >= 15 is 0 Å². The maximum absolute atomic E-state index is 12.5. The van der Waals surface area contributed by atoms with Crippen LogP contribution in [0.1, 0.15) is 56.4 Å². The summed E-state index contributed by atoms with van der Waals surface area (Å²) in [6.45, 7) is 0.393. The van der Waals surface area contributed by atoms with Crippen LogP contribution in [0.4, 0.5) is 0 Å². The predicted molar refractivity (Wildman–Crippen MR) is 121 cm³/mol. The van der Waals surface area contributed by atoms with Crippen LogP contribution in [-0.4, -0.2) is 30.4 Å². The summed E-state index contributed by atoms with van der Waals surface area (Å²) in [5, 5.41) is 0. The maximum atomic E-state index is 12.5. The number of rotatable bonds is 7. The molecule has 1 aliphatic carbocycles. The Labute approximate surface area is 187 Å². The highest BCUT2D eigenvalue weighted by molar-refractivity contribution is 6.21. The Bertz CT molecular complexity index is 1150. The summed E-state index contributed by atoms with van der Waals surface area (Å²) >= 11 is 0. The highest BCUT2D eigenvalue weighted by Crippen LogP contribution is 2.38. The van der Waals surface area contributed by atoms with Gasteiger partial charge in [-0.1, -0.05) is 42.5 Å². The molecule has 32 heavy (non-hydrogen) atoms. The molecule has 0 saturated heterocycles. The lowest BCUT2D eigenvalue weighted by molar-refractivity contribution is 0.0652. The lowest BCUT2D eigenvalue weighted by atomic mass is 10.1. The molecule has 162 valence electrons. The molecule has 0 saturated carbocycles. The molecule has 5 nitrogen and oxygen atoms in total. The molecule has 1 aliphatic heterocycles. The second-order valence-electron chi connectivity index (χ2n) is 8.24. The lowest BCUT2D eigenvalue weighted by Crippen LogP contribution is -2.30. The van der Waals surface area contributed by atoms with Crippen LogP contribution >= 0.6 is 0 Å². The van der Waals surface area contributed by atoms with E-state index in [2.05, 4.69) is 18.2 Å². The Morgan fingerprint density at radius 3 is 2.38 bits per heavy atom. The van der Waals surface area contributed by atoms with E-state index in [4.69, 9.17) is 9.47 Å². The van der Waals surface area contributed by atoms with Gasteiger partial charge in [0.1, 0.15) is 6.10 Å². The standard InChI is InChI=1S/C27H25NO4/c1-31-24-14-12-18(17-25(24)32-23-15-13-19-8-2-3-9-20(19)23)7-6-16-28-26(29)21-10-4-5-11-22(21)27(28)30/h2-5,8-12,14,17,23H,6-7,13,15-16H2,1H3. The highest BCUT2D eigenvalue weighted by atomic mass is 16.5. The molecule has 0 radical (unpaired) electrons. The van der Waals surface area contributed by atoms with Crippen molar-refractivity contribution in [2.45, 2.75) is 31.8 Å². The van der Waals surface area contributed by atoms with Crippen molar-refractivity contribution in [2.24, 2.45) is 0 Å². The van der Waals surface area contributed by atoms with Gasteiger partial charge in [0.2, 0.25) is 0 Å². The third kappa shape index (κ3) is 3.64. The second kappa shape index (κ2) is 8.50. The molecule has 2 aliphatic rings. The summed E-state index contributed by atoms with van der Waals surface area (Å²) in [7, 11) is 1.65. The first-order valence-electron chi connectivity index (χ1n) is 11.0. The average Bonchev–Trinajstić information content (AvgIpc) is 3.34. The van der Waals surface area contributed by atoms with Gasteiger partial charge >= 0.3 is 0 Å². The van der Waals surface area contributed by atoms with Gasteiger partial charge in [-0.2, -0.15) is 0 Å². The maximum Gasteiger partial charge on any atom is 0.261 e. The van der Waals surface area contributed by atoms with Crippen LogP contribution in [-0.2, 0) is 12.8 Å². The Morgan fingerprint density at radius 2 is 1.62 bits per heavy atom. The molecule has 3 aromatic rings. The largest absolute Gasteiger partial charge is 0.493 e. The number of carbonyl (C=O) groups excluding carboxylic acids is 2. The average molecular weight is 428 g/mol. The zero-order valence-electron chi connectivity index (χ0n) is 18.0. The number of carbonyl (C=O) groups is 2. The molecule has 0 fully saturated rings. The number of ether oxygens (including phenoxy) is 2. The van der Waals surface area contributed by atoms with Crippen LogP contribution in [0.15, 0.2) is 66.7 Å². The Balaban J connectivity index is 1.26. The lowest BCUT2D eigenvalue weighted by Gasteiger charge is -2.18. The monoisotopic (exact) mass is 427 g/mol. The Kier molecular flexibility index (Phi) is 5.39. The number of fused-ring (bicyclic) bond motifs is 2. The quantitative estimate of drug-likeness (QED) is 0.499. The SMILES string of the molecule is COc1ccc(CCCN2C(=O)c3ccccc3C2=O)cc1OC1CCc2ccccc21. The van der Waals surface area contributed by atoms with E-state index in [0.717, 1.165) is 30.6 Å². The molecule has 3 aromatic carbocycles. The number of nitrogens with zero attached hydrogens (tertiary/aromatic N) is 1. The zero-order valence-corrected chi connectivity index (χ0v) is 18.0. The minimum atomic E-state index is -0.204. The van der Waals surface area contributed by atoms with Gasteiger partial charge in [0.15, 0.2) is 11.5 Å². The summed E-state index contributed by atoms with van der Waals surface area (Å²) in [5.74, 6) is 1.03. The van der Waals surface area contributed by atoms with Gasteiger partial charge in [-0.15, -0.1) is 0 Å². The van der Waals surface area contributed by atoms with Gasteiger partial charge < -0.3 is 9.47 Å². The van der Waals surface area contributed by atoms with Gasteiger partial charge in [-0.3, -0.25) is 14.5 Å². The normalized spacial score (nSPS) is 16.8. The van der Waals surface area contributed by atoms with Crippen LogP contribution < -0.4 is 9.47 Å². The first kappa shape index (κ1) is 20.3. The fourth-order valence-electron chi connectivity index (χ4n) is 4.65. The summed E-state index contributed by atoms with van der Waals surface area (Å²) in [6, 6.07) is 21.4. The molecule has 1 unspecified atom stereocenters. The smallest absolute Gasteiger partial charge is 0.261 e. The van der Waals surface area contributed by atoms with Crippen molar-refractivity contribution in [3.8, 4) is 11.5 Å². The van der Waals surface area contributed by atoms with Gasteiger partial charge in [-0.25, -0.2) is 0 Å². The zero-order chi connectivity index (χ0) is 22.1. The predicted octanol–water partition coefficient (Wildman–Crippen LogP) is 4.99. The first-order valence-corrected chi connectivity index (χ1v) is 11.0. The summed E-state index contributed by atoms with van der Waals surface area (Å²) < 4.78 is 11.9. The number of aryl methyl sites for hydroxylation is 2. The molecule has 1 heterocycles. The molecule has 0 spiro atoms. The van der Waals surface area contributed by atoms with E-state index in [1.54, 1.807) is 31.4 Å². The van der Waals surface area contributed by atoms with Crippen LogP contribution in [0.5, 0.6) is 11.5 Å². The van der Waals surface area contributed by atoms with E-state index in [1.807, 2.05) is 24.3 Å². The van der Waals surface area contributed by atoms with Crippen molar-refractivity contribution >= 4 is 11.8 Å². The third-order valence-electron chi connectivity index (χ3n) is 6.30. The van der Waals surface area contributed by atoms with Crippen LogP contribution in [0.2, 0.25) is 0 Å². The van der Waals surface area contributed by atoms with E-state index in [-0.39, 0.29) is 17.9 Å². The topological polar surface area (TPSA) is 55.8 Å². The van der Waals surface area contributed by atoms with Crippen molar-refractivity contribution in [1.29, 1.82) is 0 Å². The number of benzene rings is 3. The van der Waals surface area contributed by atoms with Crippen molar-refractivity contribution in [3.05, 3.63) is 94.5 Å². The summed E-state index contributed by atoms with van der Waals surface area (Å²) in [4.78, 5) is 26.4. The summed E-state index contributed by atoms with van der Waals surface area (Å²) in [5.41, 5.74) is 4.66. The summed E-state index contributed by atoms with van der Waals surface area (Å²) in [6.07, 6.45) is 3.40. The number of methoxy groups -OCH3 is 1. The Morgan fingerprint density at radius 1 is 0.906 bits per heavy atom. The van der Waals surface area contributed by atoms with Crippen LogP contribution in [0.3, 0.4) is 0 Å². The van der Waals surface area contributed by atoms with Crippen LogP contribution in [0, 0.1) is 0 Å². The van der Waals surface area contributed by atoms with Gasteiger partial charge in [-0.05, 0) is 66.6 Å². The minimum absolute atomic E-state index is 0.0219. The molecule has 0 aromatic heterocycles. The first-order chi connectivity index (χ1) is 15.7. The Hall–Kier alpha value is -3.60. The van der Waals surface area contributed by atoms with Crippen LogP contribution in [0.25, 0.3) is 0 Å². The van der Waals surface area contributed by atoms with Crippen molar-refractivity contribution < 1.29 is 19.1 Å². The van der Waals surface area contributed by atoms with Gasteiger partial charge in [0, 0.05) is 6.54 Å². The molecule has 5 heteroatoms. The minimum Gasteiger partial charge on any atom is -0.493 e. The number of hydrogen-bond donors (Lipinski definition) is 0. The molecule has 0 bridgehead atoms. The third-order valence-corrected chi connectivity index (χ3v) is 6.30. The van der Waals surface area contributed by atoms with E-state index in [9.17, 15) is 9.59 Å². The molecular formula is C27H25NO4. The van der Waals surface area contributed by atoms with Crippen molar-refractivity contribution in [3.63, 3.8) is 0 Å². The highest BCUT2D eigenvalue weighted by Gasteiger charge is 2.34. The fraction of sp³-hybridized carbons (Fsp3) is 0.259. The number of hydrogen-bond acceptors (Lipinski definition) is 4. The molecule has 5 rings (SSSR count). The fourth-order valence-corrected chi connectivity index (χ4v) is 4.65. The van der Waals surface area contributed by atoms with Crippen molar-refractivity contribution in [1.82, 2.24) is 4.90 Å². The van der Waals surface area contributed by atoms with E-state index in [0.29, 0.717) is 29.8 Å². The van der Waals surface area contributed by atoms with Gasteiger partial charge in [0.05, 0.1) is 18.2 Å². The number of amides is 2. The number of imide groups is 1.